The van der Waals surface area contributed by atoms with Gasteiger partial charge in [-0.05, 0) is 31.5 Å². The van der Waals surface area contributed by atoms with Crippen LogP contribution in [0.4, 0.5) is 4.79 Å². The number of carbonyl (C=O) groups excluding carboxylic acids is 2. The molecule has 1 aromatic heterocycles. The van der Waals surface area contributed by atoms with Crippen molar-refractivity contribution in [2.45, 2.75) is 26.0 Å². The summed E-state index contributed by atoms with van der Waals surface area (Å²) >= 11 is 0. The van der Waals surface area contributed by atoms with Gasteiger partial charge in [-0.15, -0.1) is 0 Å². The molecule has 0 aliphatic rings. The predicted molar refractivity (Wildman–Crippen MR) is 121 cm³/mol. The standard InChI is InChI=1S/C24H23N3O7/c1-24(2,26-23(32)33-14-15-10-6-4-7-11-15)22-25-17(20(29)30)18(19(28)27(22)3)34-21(31)16-12-8-5-9-13-16/h4-13H,14H2,1-3H3,(H,26,32)(H,29,30). The van der Waals surface area contributed by atoms with E-state index in [9.17, 15) is 24.3 Å². The Morgan fingerprint density at radius 3 is 2.21 bits per heavy atom. The number of aromatic nitrogens is 2. The second-order valence-corrected chi connectivity index (χ2v) is 7.85. The maximum Gasteiger partial charge on any atom is 0.408 e. The van der Waals surface area contributed by atoms with Gasteiger partial charge in [-0.1, -0.05) is 48.5 Å². The average Bonchev–Trinajstić information content (AvgIpc) is 2.81. The molecule has 10 nitrogen and oxygen atoms in total. The highest BCUT2D eigenvalue weighted by Crippen LogP contribution is 2.21. The number of benzene rings is 2. The summed E-state index contributed by atoms with van der Waals surface area (Å²) < 4.78 is 11.3. The first-order valence-corrected chi connectivity index (χ1v) is 10.2. The molecule has 2 aromatic carbocycles. The van der Waals surface area contributed by atoms with Crippen LogP contribution in [0, 0.1) is 0 Å². The minimum Gasteiger partial charge on any atom is -0.476 e. The molecule has 0 aliphatic carbocycles. The number of amides is 1. The lowest BCUT2D eigenvalue weighted by molar-refractivity contribution is 0.0670. The van der Waals surface area contributed by atoms with E-state index in [0.717, 1.165) is 10.1 Å². The highest BCUT2D eigenvalue weighted by Gasteiger charge is 2.33. The van der Waals surface area contributed by atoms with Crippen LogP contribution in [0.15, 0.2) is 65.5 Å². The van der Waals surface area contributed by atoms with Gasteiger partial charge < -0.3 is 19.9 Å². The maximum absolute atomic E-state index is 13.0. The number of carboxylic acids is 1. The third-order valence-corrected chi connectivity index (χ3v) is 4.84. The fourth-order valence-electron chi connectivity index (χ4n) is 3.17. The van der Waals surface area contributed by atoms with Gasteiger partial charge in [0.05, 0.1) is 11.1 Å². The summed E-state index contributed by atoms with van der Waals surface area (Å²) in [6, 6.07) is 16.8. The molecule has 0 aliphatic heterocycles. The normalized spacial score (nSPS) is 10.9. The molecule has 2 N–H and O–H groups in total. The number of carbonyl (C=O) groups is 3. The Labute approximate surface area is 194 Å². The van der Waals surface area contributed by atoms with Gasteiger partial charge in [0.1, 0.15) is 12.4 Å². The predicted octanol–water partition coefficient (Wildman–Crippen LogP) is 2.86. The Morgan fingerprint density at radius 1 is 1.03 bits per heavy atom. The van der Waals surface area contributed by atoms with Gasteiger partial charge in [0.15, 0.2) is 5.69 Å². The molecule has 0 saturated carbocycles. The molecule has 176 valence electrons. The molecule has 34 heavy (non-hydrogen) atoms. The Morgan fingerprint density at radius 2 is 1.62 bits per heavy atom. The van der Waals surface area contributed by atoms with E-state index in [1.165, 1.54) is 33.0 Å². The van der Waals surface area contributed by atoms with Crippen molar-refractivity contribution in [3.8, 4) is 5.75 Å². The minimum atomic E-state index is -1.57. The van der Waals surface area contributed by atoms with Gasteiger partial charge in [-0.3, -0.25) is 9.36 Å². The highest BCUT2D eigenvalue weighted by atomic mass is 16.5. The van der Waals surface area contributed by atoms with E-state index in [1.54, 1.807) is 42.5 Å². The molecule has 3 aromatic rings. The van der Waals surface area contributed by atoms with E-state index in [1.807, 2.05) is 6.07 Å². The van der Waals surface area contributed by atoms with E-state index in [-0.39, 0.29) is 18.0 Å². The summed E-state index contributed by atoms with van der Waals surface area (Å²) in [5.74, 6) is -3.28. The average molecular weight is 465 g/mol. The van der Waals surface area contributed by atoms with Crippen molar-refractivity contribution in [1.29, 1.82) is 0 Å². The van der Waals surface area contributed by atoms with Crippen molar-refractivity contribution < 1.29 is 29.0 Å². The molecule has 10 heteroatoms. The van der Waals surface area contributed by atoms with Gasteiger partial charge in [0, 0.05) is 7.05 Å². The molecule has 0 saturated heterocycles. The zero-order valence-corrected chi connectivity index (χ0v) is 18.8. The first-order valence-electron chi connectivity index (χ1n) is 10.2. The molecule has 3 rings (SSSR count). The van der Waals surface area contributed by atoms with Crippen molar-refractivity contribution in [1.82, 2.24) is 14.9 Å². The Bertz CT molecular complexity index is 1270. The fraction of sp³-hybridized carbons (Fsp3) is 0.208. The zero-order chi connectivity index (χ0) is 24.9. The van der Waals surface area contributed by atoms with Crippen molar-refractivity contribution in [2.75, 3.05) is 0 Å². The lowest BCUT2D eigenvalue weighted by Crippen LogP contribution is -2.46. The quantitative estimate of drug-likeness (QED) is 0.508. The number of hydrogen-bond donors (Lipinski definition) is 2. The summed E-state index contributed by atoms with van der Waals surface area (Å²) in [5.41, 5.74) is -2.06. The van der Waals surface area contributed by atoms with Crippen LogP contribution in [0.5, 0.6) is 5.75 Å². The molecule has 0 fully saturated rings. The third-order valence-electron chi connectivity index (χ3n) is 4.84. The largest absolute Gasteiger partial charge is 0.476 e. The maximum atomic E-state index is 13.0. The lowest BCUT2D eigenvalue weighted by atomic mass is 10.0. The number of rotatable bonds is 7. The Kier molecular flexibility index (Phi) is 7.10. The number of ether oxygens (including phenoxy) is 2. The van der Waals surface area contributed by atoms with Gasteiger partial charge in [0.2, 0.25) is 5.75 Å². The number of nitrogens with one attached hydrogen (secondary N) is 1. The molecule has 1 heterocycles. The Hall–Kier alpha value is -4.47. The van der Waals surface area contributed by atoms with Crippen molar-refractivity contribution in [3.63, 3.8) is 0 Å². The molecule has 0 radical (unpaired) electrons. The minimum absolute atomic E-state index is 0.0177. The van der Waals surface area contributed by atoms with Crippen LogP contribution >= 0.6 is 0 Å². The van der Waals surface area contributed by atoms with Crippen LogP contribution in [0.3, 0.4) is 0 Å². The van der Waals surface area contributed by atoms with Crippen molar-refractivity contribution >= 4 is 18.0 Å². The van der Waals surface area contributed by atoms with Crippen LogP contribution in [-0.2, 0) is 23.9 Å². The van der Waals surface area contributed by atoms with Gasteiger partial charge >= 0.3 is 18.0 Å². The van der Waals surface area contributed by atoms with Crippen LogP contribution in [-0.4, -0.2) is 32.7 Å². The van der Waals surface area contributed by atoms with Gasteiger partial charge in [0.25, 0.3) is 5.56 Å². The molecule has 0 bridgehead atoms. The van der Waals surface area contributed by atoms with Crippen molar-refractivity contribution in [2.24, 2.45) is 7.05 Å². The molecule has 0 atom stereocenters. The van der Waals surface area contributed by atoms with Crippen LogP contribution < -0.4 is 15.6 Å². The SMILES string of the molecule is Cn1c(C(C)(C)NC(=O)OCc2ccccc2)nc(C(=O)O)c(OC(=O)c2ccccc2)c1=O. The fourth-order valence-corrected chi connectivity index (χ4v) is 3.17. The summed E-state index contributed by atoms with van der Waals surface area (Å²) in [5, 5.41) is 12.2. The highest BCUT2D eigenvalue weighted by molar-refractivity contribution is 5.94. The summed E-state index contributed by atoms with van der Waals surface area (Å²) in [4.78, 5) is 53.6. The summed E-state index contributed by atoms with van der Waals surface area (Å²) in [6.45, 7) is 3.07. The van der Waals surface area contributed by atoms with E-state index in [0.29, 0.717) is 0 Å². The van der Waals surface area contributed by atoms with E-state index in [2.05, 4.69) is 10.3 Å². The van der Waals surface area contributed by atoms with Gasteiger partial charge in [-0.2, -0.15) is 0 Å². The monoisotopic (exact) mass is 465 g/mol. The second kappa shape index (κ2) is 9.99. The lowest BCUT2D eigenvalue weighted by Gasteiger charge is -2.27. The second-order valence-electron chi connectivity index (χ2n) is 7.85. The number of carboxylic acid groups (broad SMARTS) is 1. The summed E-state index contributed by atoms with van der Waals surface area (Å²) in [6.07, 6.45) is -0.792. The number of nitrogens with zero attached hydrogens (tertiary/aromatic N) is 2. The number of aromatic carboxylic acids is 1. The van der Waals surface area contributed by atoms with E-state index in [4.69, 9.17) is 9.47 Å². The Balaban J connectivity index is 1.87. The van der Waals surface area contributed by atoms with E-state index >= 15 is 0 Å². The number of esters is 1. The molecular formula is C24H23N3O7. The zero-order valence-electron chi connectivity index (χ0n) is 18.8. The van der Waals surface area contributed by atoms with Gasteiger partial charge in [-0.25, -0.2) is 19.4 Å². The molecular weight excluding hydrogens is 442 g/mol. The number of hydrogen-bond acceptors (Lipinski definition) is 7. The smallest absolute Gasteiger partial charge is 0.408 e. The first kappa shape index (κ1) is 24.2. The van der Waals surface area contributed by atoms with E-state index < -0.39 is 40.6 Å². The topological polar surface area (TPSA) is 137 Å². The van der Waals surface area contributed by atoms with Crippen LogP contribution in [0.1, 0.15) is 46.1 Å². The molecule has 1 amide bonds. The van der Waals surface area contributed by atoms with Crippen molar-refractivity contribution in [3.05, 3.63) is 93.7 Å². The third kappa shape index (κ3) is 5.47. The summed E-state index contributed by atoms with van der Waals surface area (Å²) in [7, 11) is 1.33. The molecule has 0 unspecified atom stereocenters. The molecule has 0 spiro atoms. The van der Waals surface area contributed by atoms with Crippen LogP contribution in [0.25, 0.3) is 0 Å². The van der Waals surface area contributed by atoms with Crippen LogP contribution in [0.2, 0.25) is 0 Å². The first-order chi connectivity index (χ1) is 16.1. The number of alkyl carbamates (subject to hydrolysis) is 1.